The van der Waals surface area contributed by atoms with Crippen LogP contribution in [0.25, 0.3) is 0 Å². The predicted octanol–water partition coefficient (Wildman–Crippen LogP) is 2.39. The number of aliphatic hydroxyl groups is 1. The van der Waals surface area contributed by atoms with Crippen LogP contribution in [0.5, 0.6) is 0 Å². The van der Waals surface area contributed by atoms with Crippen molar-refractivity contribution in [3.05, 3.63) is 34.1 Å². The molecule has 1 aromatic rings. The number of hydrogen-bond donors (Lipinski definition) is 2. The van der Waals surface area contributed by atoms with E-state index < -0.39 is 5.60 Å². The first kappa shape index (κ1) is 13.9. The average molecular weight is 318 g/mol. The minimum atomic E-state index is -0.819. The SMILES string of the molecule is CC(NCC1(O)CCOC1)c1ccc(Br)cc1F. The predicted molar refractivity (Wildman–Crippen MR) is 70.9 cm³/mol. The highest BCUT2D eigenvalue weighted by Gasteiger charge is 2.32. The van der Waals surface area contributed by atoms with E-state index >= 15 is 0 Å². The summed E-state index contributed by atoms with van der Waals surface area (Å²) in [7, 11) is 0. The number of nitrogens with one attached hydrogen (secondary N) is 1. The Morgan fingerprint density at radius 2 is 2.39 bits per heavy atom. The van der Waals surface area contributed by atoms with Gasteiger partial charge in [-0.15, -0.1) is 0 Å². The van der Waals surface area contributed by atoms with E-state index in [1.165, 1.54) is 6.07 Å². The number of rotatable bonds is 4. The van der Waals surface area contributed by atoms with Crippen molar-refractivity contribution < 1.29 is 14.2 Å². The molecule has 2 unspecified atom stereocenters. The standard InChI is InChI=1S/C13H17BrFNO2/c1-9(11-3-2-10(14)6-12(11)15)16-7-13(17)4-5-18-8-13/h2-3,6,9,16-17H,4-5,7-8H2,1H3. The summed E-state index contributed by atoms with van der Waals surface area (Å²) in [6, 6.07) is 4.85. The molecule has 1 aliphatic rings. The summed E-state index contributed by atoms with van der Waals surface area (Å²) in [6.45, 7) is 3.21. The number of benzene rings is 1. The molecule has 2 atom stereocenters. The molecule has 1 aliphatic heterocycles. The molecule has 5 heteroatoms. The van der Waals surface area contributed by atoms with Crippen LogP contribution in [-0.2, 0) is 4.74 Å². The molecule has 0 bridgehead atoms. The maximum absolute atomic E-state index is 13.7. The van der Waals surface area contributed by atoms with Crippen LogP contribution in [-0.4, -0.2) is 30.5 Å². The van der Waals surface area contributed by atoms with Crippen molar-refractivity contribution in [1.29, 1.82) is 0 Å². The second kappa shape index (κ2) is 5.65. The van der Waals surface area contributed by atoms with Gasteiger partial charge in [0.25, 0.3) is 0 Å². The van der Waals surface area contributed by atoms with Gasteiger partial charge in [-0.25, -0.2) is 4.39 Å². The van der Waals surface area contributed by atoms with Crippen LogP contribution in [0.4, 0.5) is 4.39 Å². The van der Waals surface area contributed by atoms with E-state index in [1.807, 2.05) is 13.0 Å². The van der Waals surface area contributed by atoms with Gasteiger partial charge in [-0.1, -0.05) is 22.0 Å². The molecule has 1 fully saturated rings. The van der Waals surface area contributed by atoms with Gasteiger partial charge in [0.1, 0.15) is 11.4 Å². The Morgan fingerprint density at radius 3 is 3.00 bits per heavy atom. The Bertz CT molecular complexity index is 421. The van der Waals surface area contributed by atoms with Crippen LogP contribution in [0.2, 0.25) is 0 Å². The molecule has 0 spiro atoms. The highest BCUT2D eigenvalue weighted by atomic mass is 79.9. The van der Waals surface area contributed by atoms with Crippen molar-refractivity contribution in [3.63, 3.8) is 0 Å². The fourth-order valence-corrected chi connectivity index (χ4v) is 2.37. The minimum Gasteiger partial charge on any atom is -0.386 e. The molecule has 100 valence electrons. The summed E-state index contributed by atoms with van der Waals surface area (Å²) in [5.41, 5.74) is -0.221. The molecule has 0 aliphatic carbocycles. The third kappa shape index (κ3) is 3.29. The third-order valence-electron chi connectivity index (χ3n) is 3.25. The van der Waals surface area contributed by atoms with Gasteiger partial charge in [0.05, 0.1) is 6.61 Å². The van der Waals surface area contributed by atoms with E-state index in [0.29, 0.717) is 31.7 Å². The summed E-state index contributed by atoms with van der Waals surface area (Å²) in [4.78, 5) is 0. The Kier molecular flexibility index (Phi) is 4.37. The van der Waals surface area contributed by atoms with Crippen LogP contribution >= 0.6 is 15.9 Å². The maximum atomic E-state index is 13.7. The van der Waals surface area contributed by atoms with Gasteiger partial charge < -0.3 is 15.2 Å². The third-order valence-corrected chi connectivity index (χ3v) is 3.74. The van der Waals surface area contributed by atoms with Gasteiger partial charge in [-0.05, 0) is 19.1 Å². The van der Waals surface area contributed by atoms with Crippen LogP contribution in [0.3, 0.4) is 0 Å². The van der Waals surface area contributed by atoms with Gasteiger partial charge in [0.15, 0.2) is 0 Å². The molecule has 0 amide bonds. The molecule has 1 heterocycles. The quantitative estimate of drug-likeness (QED) is 0.896. The summed E-state index contributed by atoms with van der Waals surface area (Å²) in [6.07, 6.45) is 0.621. The lowest BCUT2D eigenvalue weighted by molar-refractivity contribution is 0.0251. The lowest BCUT2D eigenvalue weighted by atomic mass is 10.0. The highest BCUT2D eigenvalue weighted by molar-refractivity contribution is 9.10. The van der Waals surface area contributed by atoms with Crippen LogP contribution in [0.1, 0.15) is 24.9 Å². The Balaban J connectivity index is 1.97. The number of halogens is 2. The molecule has 2 rings (SSSR count). The average Bonchev–Trinajstić information content (AvgIpc) is 2.74. The first-order valence-electron chi connectivity index (χ1n) is 5.99. The van der Waals surface area contributed by atoms with E-state index in [0.717, 1.165) is 4.47 Å². The van der Waals surface area contributed by atoms with Crippen molar-refractivity contribution in [1.82, 2.24) is 5.32 Å². The Hall–Kier alpha value is -0.490. The fraction of sp³-hybridized carbons (Fsp3) is 0.538. The number of ether oxygens (including phenoxy) is 1. The first-order chi connectivity index (χ1) is 8.50. The van der Waals surface area contributed by atoms with E-state index in [9.17, 15) is 9.50 Å². The van der Waals surface area contributed by atoms with Gasteiger partial charge in [-0.3, -0.25) is 0 Å². The molecule has 18 heavy (non-hydrogen) atoms. The van der Waals surface area contributed by atoms with E-state index in [2.05, 4.69) is 21.2 Å². The summed E-state index contributed by atoms with van der Waals surface area (Å²) >= 11 is 3.23. The fourth-order valence-electron chi connectivity index (χ4n) is 2.04. The van der Waals surface area contributed by atoms with Crippen molar-refractivity contribution in [2.75, 3.05) is 19.8 Å². The lowest BCUT2D eigenvalue weighted by Crippen LogP contribution is -2.42. The molecular weight excluding hydrogens is 301 g/mol. The molecule has 1 aromatic carbocycles. The Morgan fingerprint density at radius 1 is 1.61 bits per heavy atom. The molecule has 0 aromatic heterocycles. The van der Waals surface area contributed by atoms with Gasteiger partial charge in [0.2, 0.25) is 0 Å². The van der Waals surface area contributed by atoms with Crippen molar-refractivity contribution in [3.8, 4) is 0 Å². The molecule has 2 N–H and O–H groups in total. The largest absolute Gasteiger partial charge is 0.386 e. The van der Waals surface area contributed by atoms with E-state index in [-0.39, 0.29) is 11.9 Å². The smallest absolute Gasteiger partial charge is 0.129 e. The molecule has 1 saturated heterocycles. The zero-order chi connectivity index (χ0) is 13.2. The zero-order valence-corrected chi connectivity index (χ0v) is 11.8. The van der Waals surface area contributed by atoms with E-state index in [1.54, 1.807) is 6.07 Å². The van der Waals surface area contributed by atoms with Crippen molar-refractivity contribution >= 4 is 15.9 Å². The van der Waals surface area contributed by atoms with Gasteiger partial charge >= 0.3 is 0 Å². The summed E-state index contributed by atoms with van der Waals surface area (Å²) in [5.74, 6) is -0.251. The second-order valence-corrected chi connectivity index (χ2v) is 5.71. The zero-order valence-electron chi connectivity index (χ0n) is 10.2. The molecule has 0 radical (unpaired) electrons. The van der Waals surface area contributed by atoms with Crippen LogP contribution in [0.15, 0.2) is 22.7 Å². The highest BCUT2D eigenvalue weighted by Crippen LogP contribution is 2.23. The normalized spacial score (nSPS) is 25.3. The number of hydrogen-bond acceptors (Lipinski definition) is 3. The molecular formula is C13H17BrFNO2. The minimum absolute atomic E-state index is 0.150. The van der Waals surface area contributed by atoms with Crippen LogP contribution < -0.4 is 5.32 Å². The summed E-state index contributed by atoms with van der Waals surface area (Å²) < 4.78 is 19.6. The van der Waals surface area contributed by atoms with Crippen LogP contribution in [0, 0.1) is 5.82 Å². The van der Waals surface area contributed by atoms with Crippen molar-refractivity contribution in [2.24, 2.45) is 0 Å². The second-order valence-electron chi connectivity index (χ2n) is 4.80. The van der Waals surface area contributed by atoms with Crippen molar-refractivity contribution in [2.45, 2.75) is 25.0 Å². The molecule has 0 saturated carbocycles. The molecule has 3 nitrogen and oxygen atoms in total. The van der Waals surface area contributed by atoms with E-state index in [4.69, 9.17) is 4.74 Å². The lowest BCUT2D eigenvalue weighted by Gasteiger charge is -2.24. The summed E-state index contributed by atoms with van der Waals surface area (Å²) in [5, 5.41) is 13.3. The first-order valence-corrected chi connectivity index (χ1v) is 6.78. The Labute approximate surface area is 114 Å². The maximum Gasteiger partial charge on any atom is 0.129 e. The topological polar surface area (TPSA) is 41.5 Å². The van der Waals surface area contributed by atoms with Gasteiger partial charge in [0, 0.05) is 35.7 Å². The van der Waals surface area contributed by atoms with Gasteiger partial charge in [-0.2, -0.15) is 0 Å². The monoisotopic (exact) mass is 317 g/mol.